The molecule has 0 aliphatic carbocycles. The highest BCUT2D eigenvalue weighted by Crippen LogP contribution is 1.87. The first-order valence-corrected chi connectivity index (χ1v) is 3.91. The number of nitrogens with one attached hydrogen (secondary N) is 1. The minimum Gasteiger partial charge on any atom is -0.411 e. The molecule has 0 aromatic carbocycles. The summed E-state index contributed by atoms with van der Waals surface area (Å²) in [6.45, 7) is 2.73. The van der Waals surface area contributed by atoms with Gasteiger partial charge in [-0.05, 0) is 13.8 Å². The lowest BCUT2D eigenvalue weighted by molar-refractivity contribution is -0.115. The van der Waals surface area contributed by atoms with Gasteiger partial charge in [0.15, 0.2) is 5.71 Å². The zero-order valence-electron chi connectivity index (χ0n) is 7.93. The lowest BCUT2D eigenvalue weighted by Crippen LogP contribution is -2.40. The molecule has 7 heteroatoms. The monoisotopic (exact) mass is 203 g/mol. The number of carbonyl (C=O) groups excluding carboxylic acids is 1. The van der Waals surface area contributed by atoms with Crippen LogP contribution < -0.4 is 5.32 Å². The SMILES string of the molecule is CC(C)NC(=O)C(=N\O)/C(CO)=N/O. The minimum absolute atomic E-state index is 0.155. The molecule has 0 radical (unpaired) electrons. The predicted octanol–water partition coefficient (Wildman–Crippen LogP) is -0.836. The van der Waals surface area contributed by atoms with E-state index in [0.717, 1.165) is 0 Å². The van der Waals surface area contributed by atoms with E-state index in [2.05, 4.69) is 15.6 Å². The summed E-state index contributed by atoms with van der Waals surface area (Å²) in [5.74, 6) is -0.718. The molecule has 0 unspecified atom stereocenters. The number of amides is 1. The molecule has 0 spiro atoms. The summed E-state index contributed by atoms with van der Waals surface area (Å²) in [5, 5.41) is 33.1. The Morgan fingerprint density at radius 1 is 1.36 bits per heavy atom. The molecule has 0 aromatic heterocycles. The molecule has 4 N–H and O–H groups in total. The molecule has 0 heterocycles. The van der Waals surface area contributed by atoms with Gasteiger partial charge < -0.3 is 20.8 Å². The van der Waals surface area contributed by atoms with Crippen LogP contribution in [0.3, 0.4) is 0 Å². The number of hydrogen-bond donors (Lipinski definition) is 4. The van der Waals surface area contributed by atoms with E-state index < -0.39 is 23.9 Å². The van der Waals surface area contributed by atoms with Crippen molar-refractivity contribution in [3.63, 3.8) is 0 Å². The van der Waals surface area contributed by atoms with Crippen LogP contribution in [-0.2, 0) is 4.79 Å². The molecule has 0 fully saturated rings. The average molecular weight is 203 g/mol. The normalized spacial score (nSPS) is 13.1. The van der Waals surface area contributed by atoms with Crippen LogP contribution in [0.5, 0.6) is 0 Å². The Balaban J connectivity index is 4.67. The van der Waals surface area contributed by atoms with E-state index in [1.807, 2.05) is 0 Å². The zero-order valence-corrected chi connectivity index (χ0v) is 7.93. The number of aliphatic hydroxyl groups is 1. The summed E-state index contributed by atoms with van der Waals surface area (Å²) in [5.41, 5.74) is -0.908. The summed E-state index contributed by atoms with van der Waals surface area (Å²) in [7, 11) is 0. The Morgan fingerprint density at radius 3 is 2.21 bits per heavy atom. The van der Waals surface area contributed by atoms with Crippen LogP contribution in [-0.4, -0.2) is 45.5 Å². The molecular formula is C7H13N3O4. The van der Waals surface area contributed by atoms with E-state index in [9.17, 15) is 4.79 Å². The highest BCUT2D eigenvalue weighted by Gasteiger charge is 2.19. The van der Waals surface area contributed by atoms with Gasteiger partial charge in [-0.3, -0.25) is 4.79 Å². The maximum Gasteiger partial charge on any atom is 0.275 e. The Kier molecular flexibility index (Phi) is 5.23. The van der Waals surface area contributed by atoms with Gasteiger partial charge in [0.2, 0.25) is 0 Å². The summed E-state index contributed by atoms with van der Waals surface area (Å²) in [4.78, 5) is 11.2. The van der Waals surface area contributed by atoms with Crippen molar-refractivity contribution in [2.24, 2.45) is 10.3 Å². The van der Waals surface area contributed by atoms with Crippen molar-refractivity contribution >= 4 is 17.3 Å². The maximum atomic E-state index is 11.2. The molecule has 1 amide bonds. The van der Waals surface area contributed by atoms with Crippen molar-refractivity contribution < 1.29 is 20.3 Å². The van der Waals surface area contributed by atoms with E-state index in [0.29, 0.717) is 0 Å². The third-order valence-electron chi connectivity index (χ3n) is 1.28. The van der Waals surface area contributed by atoms with E-state index in [-0.39, 0.29) is 6.04 Å². The quantitative estimate of drug-likeness (QED) is 0.271. The summed E-state index contributed by atoms with van der Waals surface area (Å²) < 4.78 is 0. The van der Waals surface area contributed by atoms with Gasteiger partial charge in [0.05, 0.1) is 6.61 Å². The third-order valence-corrected chi connectivity index (χ3v) is 1.28. The predicted molar refractivity (Wildman–Crippen MR) is 48.8 cm³/mol. The summed E-state index contributed by atoms with van der Waals surface area (Å²) >= 11 is 0. The molecule has 0 rings (SSSR count). The fourth-order valence-electron chi connectivity index (χ4n) is 0.719. The molecule has 0 aliphatic heterocycles. The van der Waals surface area contributed by atoms with Gasteiger partial charge in [-0.1, -0.05) is 10.3 Å². The van der Waals surface area contributed by atoms with Gasteiger partial charge >= 0.3 is 0 Å². The summed E-state index contributed by atoms with van der Waals surface area (Å²) in [6.07, 6.45) is 0. The van der Waals surface area contributed by atoms with Crippen LogP contribution in [0.15, 0.2) is 10.3 Å². The second-order valence-electron chi connectivity index (χ2n) is 2.78. The fraction of sp³-hybridized carbons (Fsp3) is 0.571. The highest BCUT2D eigenvalue weighted by molar-refractivity contribution is 6.67. The van der Waals surface area contributed by atoms with Crippen molar-refractivity contribution in [2.45, 2.75) is 19.9 Å². The van der Waals surface area contributed by atoms with Crippen LogP contribution in [0.1, 0.15) is 13.8 Å². The van der Waals surface area contributed by atoms with E-state index in [1.54, 1.807) is 13.8 Å². The number of oxime groups is 2. The van der Waals surface area contributed by atoms with E-state index in [1.165, 1.54) is 0 Å². The largest absolute Gasteiger partial charge is 0.411 e. The molecule has 0 saturated carbocycles. The van der Waals surface area contributed by atoms with Crippen LogP contribution in [0.4, 0.5) is 0 Å². The van der Waals surface area contributed by atoms with E-state index in [4.69, 9.17) is 15.5 Å². The second kappa shape index (κ2) is 5.92. The molecule has 0 atom stereocenters. The van der Waals surface area contributed by atoms with Gasteiger partial charge in [-0.15, -0.1) is 0 Å². The standard InChI is InChI=1S/C7H13N3O4/c1-4(2)8-7(12)6(10-14)5(3-11)9-13/h4,11,13-14H,3H2,1-2H3,(H,8,12)/b9-5+,10-6-. The van der Waals surface area contributed by atoms with Crippen LogP contribution >= 0.6 is 0 Å². The molecule has 0 bridgehead atoms. The van der Waals surface area contributed by atoms with E-state index >= 15 is 0 Å². The van der Waals surface area contributed by atoms with Crippen LogP contribution in [0.25, 0.3) is 0 Å². The number of rotatable bonds is 4. The van der Waals surface area contributed by atoms with Crippen molar-refractivity contribution in [3.8, 4) is 0 Å². The Hall–Kier alpha value is -1.63. The fourth-order valence-corrected chi connectivity index (χ4v) is 0.719. The van der Waals surface area contributed by atoms with Gasteiger partial charge in [0, 0.05) is 6.04 Å². The number of aliphatic hydroxyl groups excluding tert-OH is 1. The van der Waals surface area contributed by atoms with Gasteiger partial charge in [-0.2, -0.15) is 0 Å². The first-order valence-electron chi connectivity index (χ1n) is 3.91. The smallest absolute Gasteiger partial charge is 0.275 e. The third kappa shape index (κ3) is 3.40. The second-order valence-corrected chi connectivity index (χ2v) is 2.78. The highest BCUT2D eigenvalue weighted by atomic mass is 16.4. The minimum atomic E-state index is -0.718. The number of hydrogen-bond acceptors (Lipinski definition) is 6. The Morgan fingerprint density at radius 2 is 1.93 bits per heavy atom. The topological polar surface area (TPSA) is 115 Å². The van der Waals surface area contributed by atoms with Gasteiger partial charge in [0.1, 0.15) is 5.71 Å². The summed E-state index contributed by atoms with van der Waals surface area (Å²) in [6, 6.07) is -0.155. The van der Waals surface area contributed by atoms with Crippen molar-refractivity contribution in [2.75, 3.05) is 6.61 Å². The van der Waals surface area contributed by atoms with Crippen molar-refractivity contribution in [1.82, 2.24) is 5.32 Å². The Bertz CT molecular complexity index is 260. The van der Waals surface area contributed by atoms with Crippen LogP contribution in [0, 0.1) is 0 Å². The number of nitrogens with zero attached hydrogens (tertiary/aromatic N) is 2. The average Bonchev–Trinajstić information content (AvgIpc) is 2.12. The zero-order chi connectivity index (χ0) is 11.1. The Labute approximate surface area is 80.7 Å². The molecular weight excluding hydrogens is 190 g/mol. The van der Waals surface area contributed by atoms with Gasteiger partial charge in [-0.25, -0.2) is 0 Å². The molecule has 80 valence electrons. The first-order chi connectivity index (χ1) is 6.56. The number of carbonyl (C=O) groups is 1. The molecule has 0 aliphatic rings. The van der Waals surface area contributed by atoms with Crippen molar-refractivity contribution in [3.05, 3.63) is 0 Å². The van der Waals surface area contributed by atoms with Crippen LogP contribution in [0.2, 0.25) is 0 Å². The lowest BCUT2D eigenvalue weighted by Gasteiger charge is -2.08. The molecule has 7 nitrogen and oxygen atoms in total. The first kappa shape index (κ1) is 12.4. The molecule has 14 heavy (non-hydrogen) atoms. The van der Waals surface area contributed by atoms with Crippen molar-refractivity contribution in [1.29, 1.82) is 0 Å². The maximum absolute atomic E-state index is 11.2. The molecule has 0 saturated heterocycles. The lowest BCUT2D eigenvalue weighted by atomic mass is 10.2. The van der Waals surface area contributed by atoms with Gasteiger partial charge in [0.25, 0.3) is 5.91 Å². The molecule has 0 aromatic rings.